The predicted molar refractivity (Wildman–Crippen MR) is 109 cm³/mol. The normalized spacial score (nSPS) is 17.1. The average molecular weight is 393 g/mol. The minimum Gasteiger partial charge on any atom is -0.508 e. The van der Waals surface area contributed by atoms with Gasteiger partial charge in [-0.05, 0) is 78.5 Å². The van der Waals surface area contributed by atoms with Gasteiger partial charge < -0.3 is 9.67 Å². The van der Waals surface area contributed by atoms with Gasteiger partial charge in [-0.25, -0.2) is 9.38 Å². The highest BCUT2D eigenvalue weighted by Gasteiger charge is 2.30. The molecular formula is C21H16FN3O2S. The Bertz CT molecular complexity index is 1090. The third-order valence-corrected chi connectivity index (χ3v) is 5.30. The van der Waals surface area contributed by atoms with E-state index in [9.17, 15) is 14.3 Å². The maximum atomic E-state index is 13.1. The molecule has 0 radical (unpaired) electrons. The summed E-state index contributed by atoms with van der Waals surface area (Å²) in [6, 6.07) is 16.4. The Labute approximate surface area is 165 Å². The van der Waals surface area contributed by atoms with E-state index < -0.39 is 0 Å². The molecule has 1 amide bonds. The summed E-state index contributed by atoms with van der Waals surface area (Å²) in [6.07, 6.45) is 3.70. The molecule has 140 valence electrons. The zero-order valence-electron chi connectivity index (χ0n) is 14.9. The summed E-state index contributed by atoms with van der Waals surface area (Å²) in [4.78, 5) is 19.1. The molecule has 2 heterocycles. The summed E-state index contributed by atoms with van der Waals surface area (Å²) < 4.78 is 15.0. The summed E-state index contributed by atoms with van der Waals surface area (Å²) >= 11 is 1.27. The fourth-order valence-electron chi connectivity index (χ4n) is 2.77. The van der Waals surface area contributed by atoms with Gasteiger partial charge in [0.15, 0.2) is 5.17 Å². The van der Waals surface area contributed by atoms with Crippen LogP contribution in [0.5, 0.6) is 5.75 Å². The van der Waals surface area contributed by atoms with Crippen molar-refractivity contribution >= 4 is 34.6 Å². The Morgan fingerprint density at radius 3 is 2.50 bits per heavy atom. The lowest BCUT2D eigenvalue weighted by Gasteiger charge is -2.07. The molecule has 0 spiro atoms. The molecule has 1 aliphatic heterocycles. The number of carbonyl (C=O) groups excluding carboxylic acids is 1. The van der Waals surface area contributed by atoms with Crippen LogP contribution in [0.2, 0.25) is 0 Å². The lowest BCUT2D eigenvalue weighted by atomic mass is 10.3. The van der Waals surface area contributed by atoms with E-state index in [2.05, 4.69) is 4.99 Å². The molecule has 0 aliphatic carbocycles. The molecule has 1 N–H and O–H groups in total. The molecule has 4 rings (SSSR count). The van der Waals surface area contributed by atoms with Gasteiger partial charge in [0, 0.05) is 24.6 Å². The van der Waals surface area contributed by atoms with Crippen LogP contribution < -0.4 is 0 Å². The van der Waals surface area contributed by atoms with Gasteiger partial charge in [-0.15, -0.1) is 0 Å². The van der Waals surface area contributed by atoms with Crippen molar-refractivity contribution in [2.45, 2.75) is 0 Å². The van der Waals surface area contributed by atoms with Crippen LogP contribution in [0.15, 0.2) is 76.8 Å². The molecule has 2 aromatic carbocycles. The minimum absolute atomic E-state index is 0.149. The van der Waals surface area contributed by atoms with Crippen LogP contribution >= 0.6 is 11.8 Å². The summed E-state index contributed by atoms with van der Waals surface area (Å²) in [5.41, 5.74) is 2.29. The number of halogens is 1. The van der Waals surface area contributed by atoms with Gasteiger partial charge in [0.1, 0.15) is 11.6 Å². The smallest absolute Gasteiger partial charge is 0.266 e. The number of rotatable bonds is 3. The number of carbonyl (C=O) groups is 1. The number of aromatic hydroxyl groups is 1. The van der Waals surface area contributed by atoms with Crippen molar-refractivity contribution in [1.29, 1.82) is 0 Å². The number of aliphatic imine (C=N–C) groups is 1. The molecule has 1 aliphatic rings. The Balaban J connectivity index is 1.64. The lowest BCUT2D eigenvalue weighted by molar-refractivity contribution is -0.121. The molecule has 0 saturated carbocycles. The van der Waals surface area contributed by atoms with Crippen molar-refractivity contribution < 1.29 is 14.3 Å². The Morgan fingerprint density at radius 2 is 1.79 bits per heavy atom. The van der Waals surface area contributed by atoms with E-state index >= 15 is 0 Å². The molecule has 1 saturated heterocycles. The number of phenolic OH excluding ortho intramolecular Hbond substituents is 1. The van der Waals surface area contributed by atoms with Crippen LogP contribution in [0.25, 0.3) is 11.8 Å². The second kappa shape index (κ2) is 7.36. The third-order valence-electron chi connectivity index (χ3n) is 4.24. The summed E-state index contributed by atoms with van der Waals surface area (Å²) in [5.74, 6) is -0.284. The number of amides is 1. The number of likely N-dealkylation sites (N-methyl/N-ethyl adjacent to an activating group) is 1. The van der Waals surface area contributed by atoms with E-state index in [1.54, 1.807) is 43.4 Å². The number of phenols is 1. The molecule has 3 aromatic rings. The highest BCUT2D eigenvalue weighted by atomic mass is 32.2. The maximum absolute atomic E-state index is 13.1. The zero-order chi connectivity index (χ0) is 19.7. The van der Waals surface area contributed by atoms with E-state index in [-0.39, 0.29) is 17.5 Å². The van der Waals surface area contributed by atoms with Crippen LogP contribution in [-0.4, -0.2) is 32.7 Å². The van der Waals surface area contributed by atoms with Crippen LogP contribution in [0.1, 0.15) is 5.69 Å². The van der Waals surface area contributed by atoms with Crippen molar-refractivity contribution in [2.75, 3.05) is 7.05 Å². The number of benzene rings is 2. The fraction of sp³-hybridized carbons (Fsp3) is 0.0476. The van der Waals surface area contributed by atoms with Gasteiger partial charge in [0.25, 0.3) is 5.91 Å². The van der Waals surface area contributed by atoms with E-state index in [1.807, 2.05) is 29.0 Å². The first-order valence-electron chi connectivity index (χ1n) is 8.50. The Hall–Kier alpha value is -3.32. The molecule has 0 atom stereocenters. The van der Waals surface area contributed by atoms with Crippen LogP contribution in [0, 0.1) is 5.82 Å². The monoisotopic (exact) mass is 393 g/mol. The molecule has 0 unspecified atom stereocenters. The standard InChI is InChI=1S/C21H16FN3O2S/c1-24-20(27)19(28-21(24)23-15-6-4-14(22)5-7-15)13-17-3-2-12-25(17)16-8-10-18(26)11-9-16/h2-13,26H,1H3/b19-13-,23-21?. The fourth-order valence-corrected chi connectivity index (χ4v) is 3.74. The highest BCUT2D eigenvalue weighted by Crippen LogP contribution is 2.33. The van der Waals surface area contributed by atoms with E-state index in [0.717, 1.165) is 11.4 Å². The molecule has 1 fully saturated rings. The van der Waals surface area contributed by atoms with Crippen molar-refractivity contribution in [3.63, 3.8) is 0 Å². The van der Waals surface area contributed by atoms with Crippen LogP contribution in [-0.2, 0) is 4.79 Å². The number of aromatic nitrogens is 1. The zero-order valence-corrected chi connectivity index (χ0v) is 15.7. The largest absolute Gasteiger partial charge is 0.508 e. The molecule has 7 heteroatoms. The molecular weight excluding hydrogens is 377 g/mol. The first kappa shape index (κ1) is 18.1. The van der Waals surface area contributed by atoms with Gasteiger partial charge in [-0.2, -0.15) is 0 Å². The van der Waals surface area contributed by atoms with Crippen LogP contribution in [0.3, 0.4) is 0 Å². The molecule has 1 aromatic heterocycles. The van der Waals surface area contributed by atoms with E-state index in [4.69, 9.17) is 0 Å². The van der Waals surface area contributed by atoms with Gasteiger partial charge in [0.2, 0.25) is 0 Å². The van der Waals surface area contributed by atoms with Crippen LogP contribution in [0.4, 0.5) is 10.1 Å². The van der Waals surface area contributed by atoms with Gasteiger partial charge in [-0.1, -0.05) is 0 Å². The predicted octanol–water partition coefficient (Wildman–Crippen LogP) is 4.56. The van der Waals surface area contributed by atoms with Gasteiger partial charge in [0.05, 0.1) is 10.6 Å². The van der Waals surface area contributed by atoms with E-state index in [0.29, 0.717) is 15.8 Å². The second-order valence-electron chi connectivity index (χ2n) is 6.17. The van der Waals surface area contributed by atoms with Crippen molar-refractivity contribution in [2.24, 2.45) is 4.99 Å². The molecule has 28 heavy (non-hydrogen) atoms. The molecule has 0 bridgehead atoms. The maximum Gasteiger partial charge on any atom is 0.266 e. The highest BCUT2D eigenvalue weighted by molar-refractivity contribution is 8.18. The number of nitrogens with zero attached hydrogens (tertiary/aromatic N) is 3. The Morgan fingerprint density at radius 1 is 1.07 bits per heavy atom. The lowest BCUT2D eigenvalue weighted by Crippen LogP contribution is -2.23. The first-order valence-corrected chi connectivity index (χ1v) is 9.31. The Kier molecular flexibility index (Phi) is 4.75. The second-order valence-corrected chi connectivity index (χ2v) is 7.17. The SMILES string of the molecule is CN1C(=O)/C(=C/c2cccn2-c2ccc(O)cc2)SC1=Nc1ccc(F)cc1. The number of hydrogen-bond donors (Lipinski definition) is 1. The minimum atomic E-state index is -0.331. The summed E-state index contributed by atoms with van der Waals surface area (Å²) in [5, 5.41) is 10.0. The van der Waals surface area contributed by atoms with Crippen molar-refractivity contribution in [3.8, 4) is 11.4 Å². The topological polar surface area (TPSA) is 57.8 Å². The van der Waals surface area contributed by atoms with Crippen molar-refractivity contribution in [1.82, 2.24) is 9.47 Å². The van der Waals surface area contributed by atoms with E-state index in [1.165, 1.54) is 28.8 Å². The molecule has 5 nitrogen and oxygen atoms in total. The quantitative estimate of drug-likeness (QED) is 0.664. The number of hydrogen-bond acceptors (Lipinski definition) is 4. The summed E-state index contributed by atoms with van der Waals surface area (Å²) in [6.45, 7) is 0. The number of amidine groups is 1. The van der Waals surface area contributed by atoms with Crippen molar-refractivity contribution in [3.05, 3.63) is 83.3 Å². The first-order chi connectivity index (χ1) is 13.5. The third kappa shape index (κ3) is 3.57. The van der Waals surface area contributed by atoms with Gasteiger partial charge >= 0.3 is 0 Å². The van der Waals surface area contributed by atoms with Gasteiger partial charge in [-0.3, -0.25) is 9.69 Å². The number of thioether (sulfide) groups is 1. The summed E-state index contributed by atoms with van der Waals surface area (Å²) in [7, 11) is 1.66. The average Bonchev–Trinajstić information content (AvgIpc) is 3.25.